The normalized spacial score (nSPS) is 14.6. The number of ether oxygens (including phenoxy) is 4. The van der Waals surface area contributed by atoms with Gasteiger partial charge in [0.1, 0.15) is 19.3 Å². The molecule has 7 atom stereocenters. The van der Waals surface area contributed by atoms with Crippen molar-refractivity contribution in [2.75, 3.05) is 39.6 Å². The minimum atomic E-state index is -4.96. The fraction of sp³-hybridized carbons (Fsp3) is 0.947. The van der Waals surface area contributed by atoms with Crippen LogP contribution in [0.2, 0.25) is 0 Å². The average molecular weight is 1400 g/mol. The smallest absolute Gasteiger partial charge is 0.462 e. The van der Waals surface area contributed by atoms with Gasteiger partial charge in [0, 0.05) is 25.7 Å². The highest BCUT2D eigenvalue weighted by molar-refractivity contribution is 7.47. The molecule has 0 fully saturated rings. The van der Waals surface area contributed by atoms with Gasteiger partial charge in [-0.25, -0.2) is 9.13 Å². The molecular weight excluding hydrogens is 1250 g/mol. The molecule has 4 unspecified atom stereocenters. The fourth-order valence-electron chi connectivity index (χ4n) is 11.6. The second kappa shape index (κ2) is 67.9. The van der Waals surface area contributed by atoms with E-state index in [0.717, 1.165) is 108 Å². The van der Waals surface area contributed by atoms with Gasteiger partial charge in [-0.1, -0.05) is 343 Å². The van der Waals surface area contributed by atoms with Crippen molar-refractivity contribution in [2.24, 2.45) is 11.8 Å². The average Bonchev–Trinajstić information content (AvgIpc) is 1.41. The van der Waals surface area contributed by atoms with Gasteiger partial charge in [0.05, 0.1) is 26.4 Å². The van der Waals surface area contributed by atoms with Gasteiger partial charge < -0.3 is 33.8 Å². The molecule has 0 saturated carbocycles. The zero-order chi connectivity index (χ0) is 70.0. The van der Waals surface area contributed by atoms with E-state index >= 15 is 0 Å². The predicted molar refractivity (Wildman–Crippen MR) is 386 cm³/mol. The monoisotopic (exact) mass is 1400 g/mol. The number of aliphatic hydroxyl groups excluding tert-OH is 1. The van der Waals surface area contributed by atoms with Crippen molar-refractivity contribution in [1.82, 2.24) is 0 Å². The first-order valence-electron chi connectivity index (χ1n) is 39.6. The van der Waals surface area contributed by atoms with Crippen LogP contribution in [0.1, 0.15) is 395 Å². The molecule has 0 aromatic carbocycles. The maximum absolute atomic E-state index is 13.1. The number of phosphoric ester groups is 2. The molecule has 0 aliphatic heterocycles. The Labute approximate surface area is 581 Å². The van der Waals surface area contributed by atoms with Crippen LogP contribution in [0.3, 0.4) is 0 Å². The van der Waals surface area contributed by atoms with Crippen molar-refractivity contribution < 1.29 is 80.2 Å². The summed E-state index contributed by atoms with van der Waals surface area (Å²) in [6, 6.07) is 0. The fourth-order valence-corrected chi connectivity index (χ4v) is 13.2. The van der Waals surface area contributed by atoms with Crippen LogP contribution in [0, 0.1) is 11.8 Å². The molecule has 0 bridgehead atoms. The Morgan fingerprint density at radius 1 is 0.295 bits per heavy atom. The van der Waals surface area contributed by atoms with Gasteiger partial charge in [0.25, 0.3) is 0 Å². The van der Waals surface area contributed by atoms with Crippen LogP contribution in [0.25, 0.3) is 0 Å². The molecule has 3 N–H and O–H groups in total. The number of rotatable bonds is 75. The molecule has 0 radical (unpaired) electrons. The van der Waals surface area contributed by atoms with Crippen LogP contribution >= 0.6 is 15.6 Å². The zero-order valence-electron chi connectivity index (χ0n) is 62.0. The summed E-state index contributed by atoms with van der Waals surface area (Å²) in [6.07, 6.45) is 55.3. The summed E-state index contributed by atoms with van der Waals surface area (Å²) in [5.74, 6) is -0.538. The maximum atomic E-state index is 13.1. The lowest BCUT2D eigenvalue weighted by molar-refractivity contribution is -0.161. The van der Waals surface area contributed by atoms with Crippen LogP contribution in [0.4, 0.5) is 0 Å². The number of carbonyl (C=O) groups is 4. The van der Waals surface area contributed by atoms with E-state index in [0.29, 0.717) is 25.7 Å². The predicted octanol–water partition coefficient (Wildman–Crippen LogP) is 22.3. The van der Waals surface area contributed by atoms with Gasteiger partial charge in [0.2, 0.25) is 0 Å². The van der Waals surface area contributed by atoms with E-state index < -0.39 is 97.5 Å². The van der Waals surface area contributed by atoms with Crippen LogP contribution in [0.5, 0.6) is 0 Å². The molecule has 0 saturated heterocycles. The second-order valence-electron chi connectivity index (χ2n) is 27.9. The molecule has 0 aliphatic carbocycles. The third-order valence-corrected chi connectivity index (χ3v) is 20.3. The van der Waals surface area contributed by atoms with E-state index in [9.17, 15) is 43.2 Å². The topological polar surface area (TPSA) is 237 Å². The van der Waals surface area contributed by atoms with E-state index in [1.165, 1.54) is 205 Å². The van der Waals surface area contributed by atoms with E-state index in [2.05, 4.69) is 41.5 Å². The molecule has 0 heterocycles. The number of aliphatic hydroxyl groups is 1. The van der Waals surface area contributed by atoms with Crippen molar-refractivity contribution in [2.45, 2.75) is 413 Å². The maximum Gasteiger partial charge on any atom is 0.472 e. The van der Waals surface area contributed by atoms with Crippen LogP contribution in [-0.2, 0) is 65.4 Å². The Morgan fingerprint density at radius 2 is 0.505 bits per heavy atom. The molecule has 0 aromatic rings. The highest BCUT2D eigenvalue weighted by Crippen LogP contribution is 2.45. The number of unbranched alkanes of at least 4 members (excludes halogenated alkanes) is 43. The molecule has 95 heavy (non-hydrogen) atoms. The summed E-state index contributed by atoms with van der Waals surface area (Å²) in [6.45, 7) is 9.61. The lowest BCUT2D eigenvalue weighted by atomic mass is 9.99. The Hall–Kier alpha value is -1.94. The summed E-state index contributed by atoms with van der Waals surface area (Å²) >= 11 is 0. The molecule has 0 amide bonds. The summed E-state index contributed by atoms with van der Waals surface area (Å²) in [4.78, 5) is 72.8. The Kier molecular flexibility index (Phi) is 66.5. The summed E-state index contributed by atoms with van der Waals surface area (Å²) in [5, 5.41) is 10.6. The highest BCUT2D eigenvalue weighted by atomic mass is 31.2. The first kappa shape index (κ1) is 93.1. The van der Waals surface area contributed by atoms with Crippen LogP contribution in [0.15, 0.2) is 0 Å². The summed E-state index contributed by atoms with van der Waals surface area (Å²) in [7, 11) is -9.91. The van der Waals surface area contributed by atoms with Crippen LogP contribution < -0.4 is 0 Å². The lowest BCUT2D eigenvalue weighted by Gasteiger charge is -2.21. The SMILES string of the molecule is CCCCCCCCCCCCCCCCCC(=O)OC[C@H](COP(=O)(O)OC[C@@H](O)COP(=O)(O)OC[C@@H](COC(=O)CCCCCCCCC(C)CC)OC(=O)CCCCCCCCCCCCCC)OC(=O)CCCCCCCCCCCCCCCCC(C)CC. The number of esters is 4. The molecule has 0 rings (SSSR count). The summed E-state index contributed by atoms with van der Waals surface area (Å²) < 4.78 is 68.5. The van der Waals surface area contributed by atoms with Crippen molar-refractivity contribution in [1.29, 1.82) is 0 Å². The Bertz CT molecular complexity index is 1840. The standard InChI is InChI=1S/C76H148O17P2/c1-7-11-13-15-17-19-21-23-24-28-32-35-39-46-52-58-73(78)86-64-71(92-76(81)61-55-49-41-37-33-29-26-25-27-30-34-38-44-50-56-68(5)9-3)66-90-94(82,83)88-62-70(77)63-89-95(84,85)91-67-72(65-87-74(79)59-53-47-43-42-45-51-57-69(6)10-4)93-75(80)60-54-48-40-36-31-22-20-18-16-14-12-8-2/h68-72,77H,7-67H2,1-6H3,(H,82,83)(H,84,85)/t68?,69?,70-,71-,72-/m1/s1. The molecule has 19 heteroatoms. The van der Waals surface area contributed by atoms with Gasteiger partial charge in [0.15, 0.2) is 12.2 Å². The molecule has 564 valence electrons. The van der Waals surface area contributed by atoms with E-state index in [4.69, 9.17) is 37.0 Å². The second-order valence-corrected chi connectivity index (χ2v) is 30.8. The van der Waals surface area contributed by atoms with Gasteiger partial charge in [-0.3, -0.25) is 37.3 Å². The van der Waals surface area contributed by atoms with Crippen molar-refractivity contribution >= 4 is 39.5 Å². The van der Waals surface area contributed by atoms with Crippen molar-refractivity contribution in [3.05, 3.63) is 0 Å². The lowest BCUT2D eigenvalue weighted by Crippen LogP contribution is -2.30. The Balaban J connectivity index is 5.25. The zero-order valence-corrected chi connectivity index (χ0v) is 63.8. The van der Waals surface area contributed by atoms with E-state index in [-0.39, 0.29) is 25.7 Å². The van der Waals surface area contributed by atoms with Gasteiger partial charge in [-0.05, 0) is 37.5 Å². The first-order chi connectivity index (χ1) is 45.9. The first-order valence-corrected chi connectivity index (χ1v) is 42.6. The minimum absolute atomic E-state index is 0.107. The Morgan fingerprint density at radius 3 is 0.747 bits per heavy atom. The molecular formula is C76H148O17P2. The quantitative estimate of drug-likeness (QED) is 0.0222. The molecule has 17 nitrogen and oxygen atoms in total. The van der Waals surface area contributed by atoms with E-state index in [1.807, 2.05) is 0 Å². The molecule has 0 spiro atoms. The van der Waals surface area contributed by atoms with Gasteiger partial charge in [-0.15, -0.1) is 0 Å². The highest BCUT2D eigenvalue weighted by Gasteiger charge is 2.30. The molecule has 0 aromatic heterocycles. The number of hydrogen-bond donors (Lipinski definition) is 3. The van der Waals surface area contributed by atoms with Crippen LogP contribution in [-0.4, -0.2) is 96.7 Å². The van der Waals surface area contributed by atoms with Gasteiger partial charge in [-0.2, -0.15) is 0 Å². The van der Waals surface area contributed by atoms with Gasteiger partial charge >= 0.3 is 39.5 Å². The summed E-state index contributed by atoms with van der Waals surface area (Å²) in [5.41, 5.74) is 0. The third kappa shape index (κ3) is 67.6. The number of carbonyl (C=O) groups excluding carboxylic acids is 4. The van der Waals surface area contributed by atoms with E-state index in [1.54, 1.807) is 0 Å². The third-order valence-electron chi connectivity index (χ3n) is 18.4. The van der Waals surface area contributed by atoms with Crippen molar-refractivity contribution in [3.63, 3.8) is 0 Å². The largest absolute Gasteiger partial charge is 0.472 e. The minimum Gasteiger partial charge on any atom is -0.462 e. The number of hydrogen-bond acceptors (Lipinski definition) is 15. The molecule has 0 aliphatic rings. The number of phosphoric acid groups is 2. The van der Waals surface area contributed by atoms with Crippen molar-refractivity contribution in [3.8, 4) is 0 Å².